The van der Waals surface area contributed by atoms with Gasteiger partial charge in [0.25, 0.3) is 0 Å². The van der Waals surface area contributed by atoms with E-state index in [1.54, 1.807) is 17.6 Å². The number of thiophene rings is 1. The lowest BCUT2D eigenvalue weighted by molar-refractivity contribution is -0.132. The summed E-state index contributed by atoms with van der Waals surface area (Å²) in [4.78, 5) is 16.5. The fraction of sp³-hybridized carbons (Fsp3) is 0.160. The van der Waals surface area contributed by atoms with Gasteiger partial charge in [0, 0.05) is 17.2 Å². The van der Waals surface area contributed by atoms with Gasteiger partial charge in [0.1, 0.15) is 5.76 Å². The smallest absolute Gasteiger partial charge is 0.224 e. The van der Waals surface area contributed by atoms with E-state index in [0.29, 0.717) is 19.5 Å². The predicted octanol–water partition coefficient (Wildman–Crippen LogP) is 6.09. The summed E-state index contributed by atoms with van der Waals surface area (Å²) in [6.07, 6.45) is 2.07. The summed E-state index contributed by atoms with van der Waals surface area (Å²) in [5.74, 6) is 0.936. The third-order valence-corrected chi connectivity index (χ3v) is 5.85. The lowest BCUT2D eigenvalue weighted by Crippen LogP contribution is -2.31. The van der Waals surface area contributed by atoms with Crippen LogP contribution in [0.25, 0.3) is 0 Å². The number of carbonyl (C=O) groups is 1. The lowest BCUT2D eigenvalue weighted by Gasteiger charge is -2.25. The van der Waals surface area contributed by atoms with Crippen molar-refractivity contribution in [2.75, 3.05) is 0 Å². The molecule has 0 unspecified atom stereocenters. The highest BCUT2D eigenvalue weighted by atomic mass is 32.1. The van der Waals surface area contributed by atoms with Crippen LogP contribution in [0.4, 0.5) is 0 Å². The van der Waals surface area contributed by atoms with Crippen molar-refractivity contribution < 1.29 is 9.21 Å². The number of hydrogen-bond donors (Lipinski definition) is 0. The Morgan fingerprint density at radius 1 is 0.828 bits per heavy atom. The quantitative estimate of drug-likeness (QED) is 0.358. The molecule has 3 nitrogen and oxygen atoms in total. The molecule has 29 heavy (non-hydrogen) atoms. The van der Waals surface area contributed by atoms with Gasteiger partial charge in [-0.15, -0.1) is 11.3 Å². The summed E-state index contributed by atoms with van der Waals surface area (Å²) in [5, 5.41) is 2.04. The second kappa shape index (κ2) is 9.39. The van der Waals surface area contributed by atoms with Crippen LogP contribution in [0.1, 0.15) is 34.1 Å². The van der Waals surface area contributed by atoms with Crippen LogP contribution >= 0.6 is 11.3 Å². The third kappa shape index (κ3) is 5.04. The van der Waals surface area contributed by atoms with Gasteiger partial charge >= 0.3 is 0 Å². The van der Waals surface area contributed by atoms with Crippen LogP contribution in [0.15, 0.2) is 101 Å². The van der Waals surface area contributed by atoms with Gasteiger partial charge in [0.2, 0.25) is 5.91 Å². The van der Waals surface area contributed by atoms with Crippen molar-refractivity contribution in [3.63, 3.8) is 0 Å². The number of furan rings is 1. The Bertz CT molecular complexity index is 920. The second-order valence-electron chi connectivity index (χ2n) is 6.99. The van der Waals surface area contributed by atoms with Crippen molar-refractivity contribution in [1.29, 1.82) is 0 Å². The summed E-state index contributed by atoms with van der Waals surface area (Å²) in [6.45, 7) is 1.06. The average Bonchev–Trinajstić information content (AvgIpc) is 3.47. The highest BCUT2D eigenvalue weighted by Gasteiger charge is 2.23. The van der Waals surface area contributed by atoms with Crippen LogP contribution in [-0.2, 0) is 17.9 Å². The molecule has 0 saturated heterocycles. The van der Waals surface area contributed by atoms with Crippen molar-refractivity contribution in [3.05, 3.63) is 118 Å². The Kier molecular flexibility index (Phi) is 6.22. The molecular formula is C25H23NO2S. The van der Waals surface area contributed by atoms with Gasteiger partial charge in [-0.2, -0.15) is 0 Å². The first-order chi connectivity index (χ1) is 14.3. The maximum atomic E-state index is 13.4. The van der Waals surface area contributed by atoms with Crippen LogP contribution in [-0.4, -0.2) is 10.8 Å². The summed E-state index contributed by atoms with van der Waals surface area (Å²) < 4.78 is 5.52. The molecule has 4 aromatic rings. The van der Waals surface area contributed by atoms with Crippen LogP contribution in [0.3, 0.4) is 0 Å². The average molecular weight is 402 g/mol. The van der Waals surface area contributed by atoms with E-state index in [9.17, 15) is 4.79 Å². The molecule has 0 radical (unpaired) electrons. The van der Waals surface area contributed by atoms with E-state index in [2.05, 4.69) is 30.3 Å². The highest BCUT2D eigenvalue weighted by molar-refractivity contribution is 7.09. The molecule has 0 aliphatic carbocycles. The SMILES string of the molecule is O=C(CC(c1ccccc1)c1ccccc1)N(Cc1ccco1)Cc1cccs1. The summed E-state index contributed by atoms with van der Waals surface area (Å²) in [6, 6.07) is 28.4. The summed E-state index contributed by atoms with van der Waals surface area (Å²) >= 11 is 1.67. The Morgan fingerprint density at radius 3 is 2.07 bits per heavy atom. The molecule has 2 heterocycles. The Labute approximate surface area is 175 Å². The fourth-order valence-corrected chi connectivity index (χ4v) is 4.24. The number of carbonyl (C=O) groups excluding carboxylic acids is 1. The van der Waals surface area contributed by atoms with E-state index in [4.69, 9.17) is 4.42 Å². The van der Waals surface area contributed by atoms with Gasteiger partial charge in [0.15, 0.2) is 0 Å². The molecule has 1 amide bonds. The molecule has 2 aromatic carbocycles. The van der Waals surface area contributed by atoms with E-state index in [-0.39, 0.29) is 11.8 Å². The maximum absolute atomic E-state index is 13.4. The van der Waals surface area contributed by atoms with Gasteiger partial charge in [-0.3, -0.25) is 4.79 Å². The minimum atomic E-state index is 0.0207. The zero-order valence-electron chi connectivity index (χ0n) is 16.1. The molecule has 146 valence electrons. The van der Waals surface area contributed by atoms with Gasteiger partial charge in [-0.1, -0.05) is 66.7 Å². The second-order valence-corrected chi connectivity index (χ2v) is 8.02. The largest absolute Gasteiger partial charge is 0.467 e. The van der Waals surface area contributed by atoms with E-state index in [1.807, 2.05) is 64.9 Å². The van der Waals surface area contributed by atoms with E-state index in [1.165, 1.54) is 4.88 Å². The zero-order chi connectivity index (χ0) is 19.9. The number of nitrogens with zero attached hydrogens (tertiary/aromatic N) is 1. The molecule has 0 atom stereocenters. The first kappa shape index (κ1) is 19.2. The van der Waals surface area contributed by atoms with Crippen molar-refractivity contribution >= 4 is 17.2 Å². The van der Waals surface area contributed by atoms with Gasteiger partial charge < -0.3 is 9.32 Å². The van der Waals surface area contributed by atoms with Gasteiger partial charge in [-0.25, -0.2) is 0 Å². The maximum Gasteiger partial charge on any atom is 0.224 e. The van der Waals surface area contributed by atoms with Crippen LogP contribution < -0.4 is 0 Å². The van der Waals surface area contributed by atoms with E-state index < -0.39 is 0 Å². The zero-order valence-corrected chi connectivity index (χ0v) is 16.9. The van der Waals surface area contributed by atoms with Gasteiger partial charge in [0.05, 0.1) is 19.4 Å². The van der Waals surface area contributed by atoms with Crippen molar-refractivity contribution in [2.24, 2.45) is 0 Å². The normalized spacial score (nSPS) is 10.9. The first-order valence-corrected chi connectivity index (χ1v) is 10.6. The number of rotatable bonds is 8. The van der Waals surface area contributed by atoms with Crippen LogP contribution in [0, 0.1) is 0 Å². The molecule has 0 saturated carbocycles. The van der Waals surface area contributed by atoms with Crippen molar-refractivity contribution in [1.82, 2.24) is 4.90 Å². The van der Waals surface area contributed by atoms with Crippen LogP contribution in [0.2, 0.25) is 0 Å². The Balaban J connectivity index is 1.59. The summed E-state index contributed by atoms with van der Waals surface area (Å²) in [7, 11) is 0. The van der Waals surface area contributed by atoms with Gasteiger partial charge in [-0.05, 0) is 34.7 Å². The molecule has 0 N–H and O–H groups in total. The van der Waals surface area contributed by atoms with Crippen molar-refractivity contribution in [2.45, 2.75) is 25.4 Å². The van der Waals surface area contributed by atoms with E-state index >= 15 is 0 Å². The summed E-state index contributed by atoms with van der Waals surface area (Å²) in [5.41, 5.74) is 2.31. The molecular weight excluding hydrogens is 378 g/mol. The standard InChI is InChI=1S/C25H23NO2S/c27-25(26(18-22-13-7-15-28-22)19-23-14-8-16-29-23)17-24(20-9-3-1-4-10-20)21-11-5-2-6-12-21/h1-16,24H,17-19H2. The highest BCUT2D eigenvalue weighted by Crippen LogP contribution is 2.29. The third-order valence-electron chi connectivity index (χ3n) is 4.99. The monoisotopic (exact) mass is 401 g/mol. The molecule has 0 aliphatic heterocycles. The molecule has 0 bridgehead atoms. The predicted molar refractivity (Wildman–Crippen MR) is 117 cm³/mol. The Morgan fingerprint density at radius 2 is 1.52 bits per heavy atom. The topological polar surface area (TPSA) is 33.5 Å². The number of hydrogen-bond acceptors (Lipinski definition) is 3. The molecule has 4 heteroatoms. The number of benzene rings is 2. The minimum absolute atomic E-state index is 0.0207. The molecule has 2 aromatic heterocycles. The molecule has 0 aliphatic rings. The Hall–Kier alpha value is -3.11. The first-order valence-electron chi connectivity index (χ1n) is 9.72. The molecule has 0 spiro atoms. The fourth-order valence-electron chi connectivity index (χ4n) is 3.52. The van der Waals surface area contributed by atoms with E-state index in [0.717, 1.165) is 16.9 Å². The molecule has 4 rings (SSSR count). The lowest BCUT2D eigenvalue weighted by atomic mass is 9.88. The number of amides is 1. The van der Waals surface area contributed by atoms with Crippen molar-refractivity contribution in [3.8, 4) is 0 Å². The molecule has 0 fully saturated rings. The van der Waals surface area contributed by atoms with Crippen LogP contribution in [0.5, 0.6) is 0 Å². The minimum Gasteiger partial charge on any atom is -0.467 e.